The summed E-state index contributed by atoms with van der Waals surface area (Å²) in [7, 11) is 3.82. The van der Waals surface area contributed by atoms with Crippen LogP contribution in [0.25, 0.3) is 11.0 Å². The summed E-state index contributed by atoms with van der Waals surface area (Å²) in [5.41, 5.74) is 1.07. The highest BCUT2D eigenvalue weighted by atomic mass is 16.7. The third-order valence-electron chi connectivity index (χ3n) is 4.07. The number of para-hydroxylation sites is 1. The van der Waals surface area contributed by atoms with Crippen LogP contribution in [0.15, 0.2) is 24.3 Å². The highest BCUT2D eigenvalue weighted by Crippen LogP contribution is 2.13. The average molecular weight is 375 g/mol. The Morgan fingerprint density at radius 3 is 2.33 bits per heavy atom. The van der Waals surface area contributed by atoms with Gasteiger partial charge in [-0.15, -0.1) is 5.10 Å². The fourth-order valence-electron chi connectivity index (χ4n) is 2.82. The Morgan fingerprint density at radius 1 is 1.07 bits per heavy atom. The highest BCUT2D eigenvalue weighted by molar-refractivity contribution is 5.75. The lowest BCUT2D eigenvalue weighted by molar-refractivity contribution is -0.481. The van der Waals surface area contributed by atoms with Gasteiger partial charge in [-0.2, -0.15) is 0 Å². The second-order valence-electron chi connectivity index (χ2n) is 7.67. The summed E-state index contributed by atoms with van der Waals surface area (Å²) in [5.74, 6) is 0. The largest absolute Gasteiger partial charge is 0.472 e. The number of fused-ring (bicyclic) bond motifs is 1. The van der Waals surface area contributed by atoms with Gasteiger partial charge in [0.25, 0.3) is 0 Å². The van der Waals surface area contributed by atoms with Crippen LogP contribution in [0.1, 0.15) is 20.8 Å². The van der Waals surface area contributed by atoms with Crippen molar-refractivity contribution in [3.05, 3.63) is 24.3 Å². The zero-order valence-electron chi connectivity index (χ0n) is 16.5. The Morgan fingerprint density at radius 2 is 1.70 bits per heavy atom. The maximum absolute atomic E-state index is 12.2. The lowest BCUT2D eigenvalue weighted by atomic mass is 10.2. The standard InChI is InChI=1S/C18H27N6O3/c1-18(2,3)26-17(25)23-12-10-22(11-13-23)16(21(4)5)27-24-15-9-7-6-8-14(15)19-20-24/h6-9H,10-13H2,1-5H3/q+1. The van der Waals surface area contributed by atoms with Gasteiger partial charge in [0, 0.05) is 0 Å². The van der Waals surface area contributed by atoms with Crippen molar-refractivity contribution in [3.63, 3.8) is 0 Å². The number of amides is 1. The van der Waals surface area contributed by atoms with Crippen molar-refractivity contribution in [3.8, 4) is 0 Å². The van der Waals surface area contributed by atoms with E-state index in [-0.39, 0.29) is 6.09 Å². The Balaban J connectivity index is 1.68. The Hall–Kier alpha value is -2.84. The average Bonchev–Trinajstić information content (AvgIpc) is 3.01. The molecule has 1 saturated heterocycles. The highest BCUT2D eigenvalue weighted by Gasteiger charge is 2.33. The molecule has 0 radical (unpaired) electrons. The van der Waals surface area contributed by atoms with E-state index in [2.05, 4.69) is 15.2 Å². The Labute approximate surface area is 158 Å². The molecule has 1 fully saturated rings. The first-order valence-electron chi connectivity index (χ1n) is 9.00. The zero-order valence-corrected chi connectivity index (χ0v) is 16.5. The summed E-state index contributed by atoms with van der Waals surface area (Å²) in [5, 5.41) is 8.20. The number of benzene rings is 1. The lowest BCUT2D eigenvalue weighted by Crippen LogP contribution is -2.55. The first kappa shape index (κ1) is 18.9. The van der Waals surface area contributed by atoms with E-state index in [0.29, 0.717) is 32.2 Å². The summed E-state index contributed by atoms with van der Waals surface area (Å²) < 4.78 is 7.34. The van der Waals surface area contributed by atoms with Gasteiger partial charge in [-0.3, -0.25) is 4.84 Å². The summed E-state index contributed by atoms with van der Waals surface area (Å²) >= 11 is 0. The molecule has 1 aromatic heterocycles. The second-order valence-corrected chi connectivity index (χ2v) is 7.67. The summed E-state index contributed by atoms with van der Waals surface area (Å²) in [6.45, 7) is 8.01. The normalized spacial score (nSPS) is 15.0. The molecule has 0 spiro atoms. The van der Waals surface area contributed by atoms with E-state index in [4.69, 9.17) is 9.57 Å². The number of rotatable bonds is 1. The molecule has 1 aromatic carbocycles. The van der Waals surface area contributed by atoms with Gasteiger partial charge >= 0.3 is 12.1 Å². The number of piperazine rings is 1. The van der Waals surface area contributed by atoms with E-state index in [0.717, 1.165) is 11.0 Å². The van der Waals surface area contributed by atoms with Gasteiger partial charge in [-0.05, 0) is 38.1 Å². The van der Waals surface area contributed by atoms with E-state index in [1.54, 1.807) is 4.90 Å². The summed E-state index contributed by atoms with van der Waals surface area (Å²) in [6.07, 6.45) is -0.281. The number of hydrogen-bond donors (Lipinski definition) is 0. The Kier molecular flexibility index (Phi) is 5.20. The molecule has 9 nitrogen and oxygen atoms in total. The van der Waals surface area contributed by atoms with Crippen LogP contribution in [-0.4, -0.2) is 87.5 Å². The molecular formula is C18H27N6O3+. The molecule has 1 amide bonds. The van der Waals surface area contributed by atoms with Crippen LogP contribution in [-0.2, 0) is 4.74 Å². The van der Waals surface area contributed by atoms with Crippen LogP contribution in [0.5, 0.6) is 0 Å². The van der Waals surface area contributed by atoms with Gasteiger partial charge in [-0.1, -0.05) is 17.0 Å². The smallest absolute Gasteiger partial charge is 0.444 e. The van der Waals surface area contributed by atoms with E-state index in [1.165, 1.54) is 4.85 Å². The molecule has 1 aliphatic rings. The molecule has 3 rings (SSSR count). The quantitative estimate of drug-likeness (QED) is 0.421. The number of aromatic nitrogens is 3. The number of carbonyl (C=O) groups is 1. The van der Waals surface area contributed by atoms with Crippen molar-refractivity contribution >= 4 is 23.1 Å². The number of carbonyl (C=O) groups excluding carboxylic acids is 1. The van der Waals surface area contributed by atoms with Gasteiger partial charge in [0.1, 0.15) is 29.7 Å². The minimum Gasteiger partial charge on any atom is -0.444 e. The van der Waals surface area contributed by atoms with Gasteiger partial charge in [-0.25, -0.2) is 14.3 Å². The monoisotopic (exact) mass is 375 g/mol. The number of nitrogens with zero attached hydrogens (tertiary/aromatic N) is 6. The molecule has 0 unspecified atom stereocenters. The summed E-state index contributed by atoms with van der Waals surface area (Å²) in [4.78, 5) is 23.5. The van der Waals surface area contributed by atoms with Gasteiger partial charge in [0.05, 0.1) is 27.2 Å². The van der Waals surface area contributed by atoms with Crippen LogP contribution >= 0.6 is 0 Å². The predicted octanol–water partition coefficient (Wildman–Crippen LogP) is 1.04. The first-order chi connectivity index (χ1) is 12.7. The third kappa shape index (κ3) is 4.47. The number of ether oxygens (including phenoxy) is 1. The molecule has 27 heavy (non-hydrogen) atoms. The fourth-order valence-corrected chi connectivity index (χ4v) is 2.82. The van der Waals surface area contributed by atoms with E-state index >= 15 is 0 Å². The predicted molar refractivity (Wildman–Crippen MR) is 101 cm³/mol. The minimum absolute atomic E-state index is 0.281. The molecule has 0 saturated carbocycles. The lowest BCUT2D eigenvalue weighted by Gasteiger charge is -2.32. The fraction of sp³-hybridized carbons (Fsp3) is 0.556. The van der Waals surface area contributed by atoms with Gasteiger partial charge in [0.15, 0.2) is 0 Å². The zero-order chi connectivity index (χ0) is 19.6. The number of hydrogen-bond acceptors (Lipinski definition) is 5. The molecule has 9 heteroatoms. The van der Waals surface area contributed by atoms with E-state index in [9.17, 15) is 4.79 Å². The van der Waals surface area contributed by atoms with E-state index < -0.39 is 5.60 Å². The van der Waals surface area contributed by atoms with Crippen molar-refractivity contribution in [2.75, 3.05) is 40.3 Å². The number of amidine groups is 1. The van der Waals surface area contributed by atoms with Gasteiger partial charge in [0.2, 0.25) is 0 Å². The molecule has 0 atom stereocenters. The molecule has 146 valence electrons. The molecule has 0 bridgehead atoms. The van der Waals surface area contributed by atoms with Crippen molar-refractivity contribution in [2.24, 2.45) is 0 Å². The molecule has 0 N–H and O–H groups in total. The third-order valence-corrected chi connectivity index (χ3v) is 4.07. The van der Waals surface area contributed by atoms with Gasteiger partial charge < -0.3 is 9.64 Å². The van der Waals surface area contributed by atoms with E-state index in [1.807, 2.05) is 63.7 Å². The SMILES string of the molecule is C[N+](C)=C(On1nnc2ccccc21)N1CCN(C(=O)OC(C)(C)C)CC1. The molecule has 0 aliphatic carbocycles. The van der Waals surface area contributed by atoms with Crippen LogP contribution < -0.4 is 4.84 Å². The minimum atomic E-state index is -0.494. The van der Waals surface area contributed by atoms with Crippen molar-refractivity contribution in [1.82, 2.24) is 25.0 Å². The topological polar surface area (TPSA) is 75.7 Å². The Bertz CT molecular complexity index is 842. The maximum atomic E-state index is 12.2. The first-order valence-corrected chi connectivity index (χ1v) is 9.00. The molecule has 2 aromatic rings. The van der Waals surface area contributed by atoms with Crippen LogP contribution in [0.3, 0.4) is 0 Å². The molecule has 1 aliphatic heterocycles. The summed E-state index contributed by atoms with van der Waals surface area (Å²) in [6, 6.07) is 8.27. The van der Waals surface area contributed by atoms with Crippen molar-refractivity contribution in [2.45, 2.75) is 26.4 Å². The molecule has 2 heterocycles. The molecular weight excluding hydrogens is 348 g/mol. The van der Waals surface area contributed by atoms with Crippen molar-refractivity contribution < 1.29 is 18.9 Å². The maximum Gasteiger partial charge on any atom is 0.472 e. The van der Waals surface area contributed by atoms with Crippen LogP contribution in [0.2, 0.25) is 0 Å². The second kappa shape index (κ2) is 7.42. The van der Waals surface area contributed by atoms with Crippen molar-refractivity contribution in [1.29, 1.82) is 0 Å². The van der Waals surface area contributed by atoms with Crippen LogP contribution in [0, 0.1) is 0 Å². The van der Waals surface area contributed by atoms with Crippen LogP contribution in [0.4, 0.5) is 4.79 Å².